The molecule has 1 aromatic heterocycles. The van der Waals surface area contributed by atoms with E-state index in [0.29, 0.717) is 29.0 Å². The third-order valence-electron chi connectivity index (χ3n) is 3.33. The van der Waals surface area contributed by atoms with Crippen molar-refractivity contribution in [3.05, 3.63) is 54.1 Å². The summed E-state index contributed by atoms with van der Waals surface area (Å²) in [5.74, 6) is 1.85. The summed E-state index contributed by atoms with van der Waals surface area (Å²) in [7, 11) is 0. The van der Waals surface area contributed by atoms with Crippen LogP contribution in [0.3, 0.4) is 0 Å². The van der Waals surface area contributed by atoms with E-state index in [1.54, 1.807) is 12.1 Å². The number of rotatable bonds is 8. The second-order valence-electron chi connectivity index (χ2n) is 5.29. The summed E-state index contributed by atoms with van der Waals surface area (Å²) in [5, 5.41) is 8.33. The topological polar surface area (TPSA) is 57.4 Å². The molecule has 0 N–H and O–H groups in total. The molecule has 2 aromatic carbocycles. The van der Waals surface area contributed by atoms with E-state index in [1.807, 2.05) is 31.2 Å². The Bertz CT molecular complexity index is 823. The number of alkyl halides is 2. The number of benzene rings is 2. The number of aromatic nitrogens is 2. The molecule has 0 amide bonds. The van der Waals surface area contributed by atoms with Gasteiger partial charge < -0.3 is 13.9 Å². The lowest BCUT2D eigenvalue weighted by Crippen LogP contribution is -2.01. The number of ether oxygens (including phenoxy) is 2. The fraction of sp³-hybridized carbons (Fsp3) is 0.222. The van der Waals surface area contributed by atoms with Gasteiger partial charge in [-0.3, -0.25) is 0 Å². The number of nitrogens with zero attached hydrogens (tertiary/aromatic N) is 2. The zero-order valence-corrected chi connectivity index (χ0v) is 14.7. The lowest BCUT2D eigenvalue weighted by Gasteiger charge is -2.04. The van der Waals surface area contributed by atoms with Gasteiger partial charge >= 0.3 is 6.61 Å². The molecule has 0 aliphatic rings. The number of hydrogen-bond donors (Lipinski definition) is 0. The van der Waals surface area contributed by atoms with Gasteiger partial charge in [0.25, 0.3) is 5.22 Å². The highest BCUT2D eigenvalue weighted by molar-refractivity contribution is 7.99. The zero-order chi connectivity index (χ0) is 18.4. The molecule has 0 aliphatic heterocycles. The Kier molecular flexibility index (Phi) is 6.06. The molecule has 0 aliphatic carbocycles. The van der Waals surface area contributed by atoms with Crippen molar-refractivity contribution in [2.24, 2.45) is 0 Å². The molecule has 3 rings (SSSR count). The third kappa shape index (κ3) is 5.19. The predicted molar refractivity (Wildman–Crippen MR) is 93.8 cm³/mol. The number of halogens is 2. The van der Waals surface area contributed by atoms with E-state index < -0.39 is 6.61 Å². The summed E-state index contributed by atoms with van der Waals surface area (Å²) >= 11 is 1.38. The first-order valence-electron chi connectivity index (χ1n) is 7.81. The first-order valence-corrected chi connectivity index (χ1v) is 8.80. The summed E-state index contributed by atoms with van der Waals surface area (Å²) in [6.45, 7) is -0.327. The number of thioether (sulfide) groups is 1. The normalized spacial score (nSPS) is 10.9. The third-order valence-corrected chi connectivity index (χ3v) is 4.11. The van der Waals surface area contributed by atoms with Gasteiger partial charge in [0.2, 0.25) is 5.89 Å². The summed E-state index contributed by atoms with van der Waals surface area (Å²) < 4.78 is 39.8. The summed E-state index contributed by atoms with van der Waals surface area (Å²) in [5.41, 5.74) is 1.81. The molecule has 0 spiro atoms. The predicted octanol–water partition coefficient (Wildman–Crippen LogP) is 4.82. The summed E-state index contributed by atoms with van der Waals surface area (Å²) in [6.07, 6.45) is 0. The van der Waals surface area contributed by atoms with Crippen LogP contribution in [-0.4, -0.2) is 29.2 Å². The van der Waals surface area contributed by atoms with E-state index >= 15 is 0 Å². The Morgan fingerprint density at radius 1 is 1.00 bits per heavy atom. The number of aryl methyl sites for hydroxylation is 1. The van der Waals surface area contributed by atoms with Crippen LogP contribution in [0.25, 0.3) is 11.5 Å². The molecule has 5 nitrogen and oxygen atoms in total. The molecular weight excluding hydrogens is 362 g/mol. The SMILES string of the molecule is Cc1ccc(OCCSc2nnc(-c3ccc(OC(F)F)cc3)o2)cc1. The van der Waals surface area contributed by atoms with Gasteiger partial charge in [0.1, 0.15) is 11.5 Å². The van der Waals surface area contributed by atoms with Gasteiger partial charge in [-0.15, -0.1) is 10.2 Å². The van der Waals surface area contributed by atoms with Crippen molar-refractivity contribution in [1.29, 1.82) is 0 Å². The van der Waals surface area contributed by atoms with Crippen molar-refractivity contribution >= 4 is 11.8 Å². The van der Waals surface area contributed by atoms with Crippen LogP contribution in [0.2, 0.25) is 0 Å². The van der Waals surface area contributed by atoms with E-state index in [4.69, 9.17) is 9.15 Å². The van der Waals surface area contributed by atoms with Gasteiger partial charge in [-0.2, -0.15) is 8.78 Å². The molecule has 8 heteroatoms. The fourth-order valence-corrected chi connectivity index (χ4v) is 2.66. The molecule has 26 heavy (non-hydrogen) atoms. The Labute approximate surface area is 153 Å². The van der Waals surface area contributed by atoms with Gasteiger partial charge in [-0.25, -0.2) is 0 Å². The van der Waals surface area contributed by atoms with Crippen molar-refractivity contribution in [3.8, 4) is 23.0 Å². The van der Waals surface area contributed by atoms with Crippen molar-refractivity contribution in [2.75, 3.05) is 12.4 Å². The maximum absolute atomic E-state index is 12.1. The van der Waals surface area contributed by atoms with Gasteiger partial charge in [0.05, 0.1) is 6.61 Å². The van der Waals surface area contributed by atoms with Gasteiger partial charge in [0.15, 0.2) is 0 Å². The van der Waals surface area contributed by atoms with Gasteiger partial charge in [0, 0.05) is 11.3 Å². The highest BCUT2D eigenvalue weighted by Gasteiger charge is 2.10. The molecule has 1 heterocycles. The highest BCUT2D eigenvalue weighted by atomic mass is 32.2. The molecule has 0 radical (unpaired) electrons. The standard InChI is InChI=1S/C18H16F2N2O3S/c1-12-2-6-14(7-3-12)23-10-11-26-18-22-21-16(25-18)13-4-8-15(9-5-13)24-17(19)20/h2-9,17H,10-11H2,1H3. The van der Waals surface area contributed by atoms with Crippen molar-refractivity contribution < 1.29 is 22.7 Å². The zero-order valence-electron chi connectivity index (χ0n) is 13.9. The summed E-state index contributed by atoms with van der Waals surface area (Å²) in [4.78, 5) is 0. The Morgan fingerprint density at radius 3 is 2.38 bits per heavy atom. The molecule has 0 saturated heterocycles. The lowest BCUT2D eigenvalue weighted by molar-refractivity contribution is -0.0498. The Hall–Kier alpha value is -2.61. The minimum atomic E-state index is -2.85. The molecule has 0 unspecified atom stereocenters. The average Bonchev–Trinajstić information content (AvgIpc) is 3.09. The van der Waals surface area contributed by atoms with Crippen LogP contribution < -0.4 is 9.47 Å². The Balaban J connectivity index is 1.49. The Morgan fingerprint density at radius 2 is 1.69 bits per heavy atom. The van der Waals surface area contributed by atoms with E-state index in [-0.39, 0.29) is 5.75 Å². The maximum atomic E-state index is 12.1. The van der Waals surface area contributed by atoms with Crippen molar-refractivity contribution in [3.63, 3.8) is 0 Å². The first-order chi connectivity index (χ1) is 12.6. The second kappa shape index (κ2) is 8.66. The molecule has 0 bridgehead atoms. The molecule has 0 atom stereocenters. The monoisotopic (exact) mass is 378 g/mol. The second-order valence-corrected chi connectivity index (χ2v) is 6.33. The number of hydrogen-bond acceptors (Lipinski definition) is 6. The summed E-state index contributed by atoms with van der Waals surface area (Å²) in [6, 6.07) is 13.8. The first kappa shape index (κ1) is 18.2. The smallest absolute Gasteiger partial charge is 0.387 e. The van der Waals surface area contributed by atoms with Crippen LogP contribution >= 0.6 is 11.8 Å². The highest BCUT2D eigenvalue weighted by Crippen LogP contribution is 2.25. The van der Waals surface area contributed by atoms with Gasteiger partial charge in [-0.05, 0) is 43.3 Å². The van der Waals surface area contributed by atoms with Crippen LogP contribution in [0.4, 0.5) is 8.78 Å². The van der Waals surface area contributed by atoms with E-state index in [0.717, 1.165) is 5.75 Å². The van der Waals surface area contributed by atoms with E-state index in [2.05, 4.69) is 14.9 Å². The van der Waals surface area contributed by atoms with Crippen molar-refractivity contribution in [2.45, 2.75) is 18.8 Å². The van der Waals surface area contributed by atoms with Gasteiger partial charge in [-0.1, -0.05) is 29.5 Å². The lowest BCUT2D eigenvalue weighted by atomic mass is 10.2. The minimum absolute atomic E-state index is 0.0751. The van der Waals surface area contributed by atoms with E-state index in [9.17, 15) is 8.78 Å². The van der Waals surface area contributed by atoms with Crippen molar-refractivity contribution in [1.82, 2.24) is 10.2 Å². The largest absolute Gasteiger partial charge is 0.493 e. The van der Waals surface area contributed by atoms with Crippen LogP contribution in [0.1, 0.15) is 5.56 Å². The molecule has 136 valence electrons. The quantitative estimate of drug-likeness (QED) is 0.414. The molecule has 0 fully saturated rings. The molecule has 0 saturated carbocycles. The minimum Gasteiger partial charge on any atom is -0.493 e. The molecular formula is C18H16F2N2O3S. The molecule has 3 aromatic rings. The van der Waals surface area contributed by atoms with E-state index in [1.165, 1.54) is 29.5 Å². The van der Waals surface area contributed by atoms with Crippen LogP contribution in [0, 0.1) is 6.92 Å². The van der Waals surface area contributed by atoms with Crippen LogP contribution in [-0.2, 0) is 0 Å². The maximum Gasteiger partial charge on any atom is 0.387 e. The fourth-order valence-electron chi connectivity index (χ4n) is 2.09. The van der Waals surface area contributed by atoms with Crippen LogP contribution in [0.15, 0.2) is 58.2 Å². The van der Waals surface area contributed by atoms with Crippen LogP contribution in [0.5, 0.6) is 11.5 Å². The average molecular weight is 378 g/mol.